The number of amides is 6. The molecule has 3 aliphatic rings. The maximum Gasteiger partial charge on any atom is 0.264 e. The minimum absolute atomic E-state index is 0.00124. The molecule has 3 aliphatic heterocycles. The van der Waals surface area contributed by atoms with Gasteiger partial charge in [0.15, 0.2) is 11.6 Å². The van der Waals surface area contributed by atoms with Gasteiger partial charge in [-0.15, -0.1) is 0 Å². The molecule has 3 aromatic carbocycles. The number of nitrogens with zero attached hydrogens (tertiary/aromatic N) is 4. The second-order valence-electron chi connectivity index (χ2n) is 13.4. The van der Waals surface area contributed by atoms with E-state index in [-0.39, 0.29) is 90.8 Å². The Bertz CT molecular complexity index is 2260. The standard InChI is InChI=1S/C38H36F2N8O8/c39-21-8-12-28(25(40)17-21)56-23-9-6-20(7-10-23)33-32(35(42)51)34(41)48(45-33)22-3-2-15-46(18-22)30(50)19-55-16-14-43-26-5-1-4-24-31(26)38(54)47(37(24)53)27-11-13-29(49)44-36(27)52/h1,4-10,12,17,22,27,43H,2-3,11,13-16,18-19,41H2,(H2,42,51)(H,44,49,52). The predicted molar refractivity (Wildman–Crippen MR) is 194 cm³/mol. The highest BCUT2D eigenvalue weighted by Gasteiger charge is 2.45. The Kier molecular flexibility index (Phi) is 10.5. The fourth-order valence-corrected chi connectivity index (χ4v) is 7.09. The van der Waals surface area contributed by atoms with Crippen molar-refractivity contribution in [3.8, 4) is 22.8 Å². The van der Waals surface area contributed by atoms with Crippen molar-refractivity contribution in [2.75, 3.05) is 43.9 Å². The fourth-order valence-electron chi connectivity index (χ4n) is 7.09. The van der Waals surface area contributed by atoms with Crippen LogP contribution in [0.25, 0.3) is 11.3 Å². The number of benzene rings is 3. The fraction of sp³-hybridized carbons (Fsp3) is 0.289. The van der Waals surface area contributed by atoms with Crippen molar-refractivity contribution in [1.29, 1.82) is 0 Å². The summed E-state index contributed by atoms with van der Waals surface area (Å²) in [6, 6.07) is 12.4. The topological polar surface area (TPSA) is 221 Å². The third-order valence-corrected chi connectivity index (χ3v) is 9.79. The number of likely N-dealkylation sites (tertiary alicyclic amines) is 1. The number of fused-ring (bicyclic) bond motifs is 1. The van der Waals surface area contributed by atoms with Crippen molar-refractivity contribution in [3.63, 3.8) is 0 Å². The maximum absolute atomic E-state index is 14.1. The Labute approximate surface area is 317 Å². The molecule has 290 valence electrons. The monoisotopic (exact) mass is 770 g/mol. The number of primary amides is 1. The summed E-state index contributed by atoms with van der Waals surface area (Å²) in [7, 11) is 0. The zero-order valence-corrected chi connectivity index (χ0v) is 29.8. The van der Waals surface area contributed by atoms with Crippen molar-refractivity contribution >= 4 is 46.9 Å². The molecule has 0 radical (unpaired) electrons. The number of hydrogen-bond donors (Lipinski definition) is 4. The number of nitrogens with one attached hydrogen (secondary N) is 2. The number of rotatable bonds is 12. The number of hydrogen-bond acceptors (Lipinski definition) is 11. The Morgan fingerprint density at radius 1 is 1.00 bits per heavy atom. The summed E-state index contributed by atoms with van der Waals surface area (Å²) >= 11 is 0. The van der Waals surface area contributed by atoms with Crippen molar-refractivity contribution in [2.45, 2.75) is 37.8 Å². The normalized spacial score (nSPS) is 18.2. The van der Waals surface area contributed by atoms with Crippen LogP contribution in [-0.2, 0) is 19.1 Å². The molecule has 56 heavy (non-hydrogen) atoms. The van der Waals surface area contributed by atoms with Gasteiger partial charge in [-0.25, -0.2) is 13.5 Å². The zero-order chi connectivity index (χ0) is 39.7. The lowest BCUT2D eigenvalue weighted by Crippen LogP contribution is -2.54. The van der Waals surface area contributed by atoms with Gasteiger partial charge in [-0.1, -0.05) is 6.07 Å². The molecule has 2 fully saturated rings. The van der Waals surface area contributed by atoms with E-state index in [2.05, 4.69) is 15.7 Å². The SMILES string of the molecule is NC(=O)c1c(-c2ccc(Oc3ccc(F)cc3F)cc2)nn(C2CCCN(C(=O)COCCNc3cccc4c3C(=O)N(C3CCC(=O)NC3=O)C4=O)C2)c1N. The van der Waals surface area contributed by atoms with Crippen LogP contribution >= 0.6 is 0 Å². The number of piperidine rings is 2. The molecule has 4 aromatic rings. The number of carbonyl (C=O) groups is 6. The van der Waals surface area contributed by atoms with Crippen molar-refractivity contribution in [3.05, 3.63) is 89.0 Å². The summed E-state index contributed by atoms with van der Waals surface area (Å²) in [5, 5.41) is 9.88. The highest BCUT2D eigenvalue weighted by molar-refractivity contribution is 6.25. The minimum Gasteiger partial charge on any atom is -0.454 e. The Morgan fingerprint density at radius 2 is 1.79 bits per heavy atom. The molecule has 2 atom stereocenters. The predicted octanol–water partition coefficient (Wildman–Crippen LogP) is 3.00. The van der Waals surface area contributed by atoms with Crippen LogP contribution in [0.2, 0.25) is 0 Å². The molecule has 2 unspecified atom stereocenters. The highest BCUT2D eigenvalue weighted by Crippen LogP contribution is 2.35. The van der Waals surface area contributed by atoms with Gasteiger partial charge in [-0.2, -0.15) is 5.10 Å². The summed E-state index contributed by atoms with van der Waals surface area (Å²) in [5.41, 5.74) is 13.4. The van der Waals surface area contributed by atoms with E-state index in [1.807, 2.05) is 0 Å². The first-order valence-corrected chi connectivity index (χ1v) is 17.8. The Hall–Kier alpha value is -6.69. The number of anilines is 2. The average Bonchev–Trinajstić information content (AvgIpc) is 3.66. The lowest BCUT2D eigenvalue weighted by molar-refractivity contribution is -0.138. The van der Waals surface area contributed by atoms with Crippen LogP contribution in [0.15, 0.2) is 60.7 Å². The average molecular weight is 771 g/mol. The van der Waals surface area contributed by atoms with E-state index < -0.39 is 47.2 Å². The summed E-state index contributed by atoms with van der Waals surface area (Å²) in [5.74, 6) is -5.00. The first-order chi connectivity index (χ1) is 26.9. The van der Waals surface area contributed by atoms with Crippen molar-refractivity contribution in [2.24, 2.45) is 5.73 Å². The lowest BCUT2D eigenvalue weighted by atomic mass is 10.0. The molecule has 16 nitrogen and oxygen atoms in total. The van der Waals surface area contributed by atoms with Gasteiger partial charge in [0.25, 0.3) is 17.7 Å². The quantitative estimate of drug-likeness (QED) is 0.121. The van der Waals surface area contributed by atoms with Crippen molar-refractivity contribution < 1.29 is 47.0 Å². The summed E-state index contributed by atoms with van der Waals surface area (Å²) < 4.78 is 40.1. The third-order valence-electron chi connectivity index (χ3n) is 9.79. The van der Waals surface area contributed by atoms with Crippen LogP contribution in [0.5, 0.6) is 11.5 Å². The van der Waals surface area contributed by atoms with Gasteiger partial charge in [0.2, 0.25) is 17.7 Å². The molecule has 7 rings (SSSR count). The Morgan fingerprint density at radius 3 is 2.52 bits per heavy atom. The first-order valence-electron chi connectivity index (χ1n) is 17.8. The van der Waals surface area contributed by atoms with Gasteiger partial charge in [0.05, 0.1) is 23.8 Å². The van der Waals surface area contributed by atoms with E-state index in [1.54, 1.807) is 29.2 Å². The van der Waals surface area contributed by atoms with E-state index in [0.717, 1.165) is 11.0 Å². The number of carbonyl (C=O) groups excluding carboxylic acids is 6. The zero-order valence-electron chi connectivity index (χ0n) is 29.8. The lowest BCUT2D eigenvalue weighted by Gasteiger charge is -2.33. The summed E-state index contributed by atoms with van der Waals surface area (Å²) in [6.07, 6.45) is 1.28. The molecule has 2 saturated heterocycles. The second kappa shape index (κ2) is 15.6. The van der Waals surface area contributed by atoms with Gasteiger partial charge in [0.1, 0.15) is 41.3 Å². The Balaban J connectivity index is 0.944. The number of aromatic nitrogens is 2. The van der Waals surface area contributed by atoms with Crippen LogP contribution in [-0.4, -0.2) is 93.9 Å². The van der Waals surface area contributed by atoms with Crippen LogP contribution in [0.3, 0.4) is 0 Å². The molecule has 0 bridgehead atoms. The molecule has 4 heterocycles. The van der Waals surface area contributed by atoms with E-state index in [0.29, 0.717) is 36.7 Å². The molecule has 18 heteroatoms. The van der Waals surface area contributed by atoms with Crippen LogP contribution in [0.1, 0.15) is 62.8 Å². The van der Waals surface area contributed by atoms with Gasteiger partial charge in [-0.05, 0) is 67.8 Å². The third kappa shape index (κ3) is 7.37. The summed E-state index contributed by atoms with van der Waals surface area (Å²) in [6.45, 7) is 0.705. The van der Waals surface area contributed by atoms with Crippen LogP contribution in [0.4, 0.5) is 20.3 Å². The second-order valence-corrected chi connectivity index (χ2v) is 13.4. The smallest absolute Gasteiger partial charge is 0.264 e. The van der Waals surface area contributed by atoms with Crippen LogP contribution in [0, 0.1) is 11.6 Å². The number of ether oxygens (including phenoxy) is 2. The molecular weight excluding hydrogens is 734 g/mol. The van der Waals surface area contributed by atoms with Gasteiger partial charge in [-0.3, -0.25) is 39.0 Å². The minimum atomic E-state index is -1.09. The first kappa shape index (κ1) is 37.6. The molecule has 0 saturated carbocycles. The number of nitrogen functional groups attached to an aromatic ring is 1. The number of halogens is 2. The van der Waals surface area contributed by atoms with E-state index in [4.69, 9.17) is 20.9 Å². The highest BCUT2D eigenvalue weighted by atomic mass is 19.1. The summed E-state index contributed by atoms with van der Waals surface area (Å²) in [4.78, 5) is 78.7. The van der Waals surface area contributed by atoms with Gasteiger partial charge < -0.3 is 31.2 Å². The largest absolute Gasteiger partial charge is 0.454 e. The van der Waals surface area contributed by atoms with Crippen molar-refractivity contribution in [1.82, 2.24) is 24.9 Å². The maximum atomic E-state index is 14.1. The number of imide groups is 2. The van der Waals surface area contributed by atoms with E-state index in [1.165, 1.54) is 28.9 Å². The molecule has 1 aromatic heterocycles. The molecule has 0 aliphatic carbocycles. The van der Waals surface area contributed by atoms with E-state index in [9.17, 15) is 37.5 Å². The molecule has 6 amide bonds. The molecule has 6 N–H and O–H groups in total. The van der Waals surface area contributed by atoms with Gasteiger partial charge >= 0.3 is 0 Å². The van der Waals surface area contributed by atoms with Gasteiger partial charge in [0, 0.05) is 43.4 Å². The molecular formula is C38H36F2N8O8. The number of nitrogens with two attached hydrogens (primary N) is 2. The molecule has 0 spiro atoms. The van der Waals surface area contributed by atoms with Crippen LogP contribution < -0.4 is 26.8 Å². The van der Waals surface area contributed by atoms with E-state index >= 15 is 0 Å².